The second-order valence-electron chi connectivity index (χ2n) is 22.9. The number of nitriles is 1. The normalized spacial score (nSPS) is 12.0. The Morgan fingerprint density at radius 2 is 0.828 bits per heavy atom. The van der Waals surface area contributed by atoms with Crippen molar-refractivity contribution in [1.82, 2.24) is 64.0 Å². The molecule has 0 aliphatic carbocycles. The zero-order valence-electron chi connectivity index (χ0n) is 56.2. The van der Waals surface area contributed by atoms with Gasteiger partial charge >= 0.3 is 66.0 Å². The van der Waals surface area contributed by atoms with E-state index in [-0.39, 0.29) is 81.8 Å². The second-order valence-corrected chi connectivity index (χ2v) is 22.9. The average Bonchev–Trinajstić information content (AvgIpc) is 3.41. The first-order valence-electron chi connectivity index (χ1n) is 33.0. The first kappa shape index (κ1) is 84.8. The third-order valence-corrected chi connectivity index (χ3v) is 13.8. The molecule has 30 nitrogen and oxygen atoms in total. The Labute approximate surface area is 548 Å². The average molecular weight is 1320 g/mol. The highest BCUT2D eigenvalue weighted by Gasteiger charge is 2.27. The van der Waals surface area contributed by atoms with Crippen molar-refractivity contribution < 1.29 is 81.3 Å². The van der Waals surface area contributed by atoms with E-state index in [0.717, 1.165) is 96.2 Å². The molecule has 2 atom stereocenters. The minimum atomic E-state index is -1.14. The van der Waals surface area contributed by atoms with Gasteiger partial charge in [0, 0.05) is 77.4 Å². The maximum Gasteiger partial charge on any atom is 0.332 e. The van der Waals surface area contributed by atoms with Gasteiger partial charge in [-0.2, -0.15) is 5.26 Å². The monoisotopic (exact) mass is 1320 g/mol. The quantitative estimate of drug-likeness (QED) is 0.00903. The number of amides is 13. The Balaban J connectivity index is 4.11. The van der Waals surface area contributed by atoms with E-state index < -0.39 is 78.1 Å². The van der Waals surface area contributed by atoms with Gasteiger partial charge in [0.2, 0.25) is 5.91 Å². The van der Waals surface area contributed by atoms with E-state index in [1.807, 2.05) is 24.5 Å². The van der Waals surface area contributed by atoms with Crippen molar-refractivity contribution in [2.45, 2.75) is 239 Å². The molecule has 12 N–H and O–H groups in total. The van der Waals surface area contributed by atoms with E-state index in [1.54, 1.807) is 27.8 Å². The summed E-state index contributed by atoms with van der Waals surface area (Å²) in [4.78, 5) is 151. The van der Waals surface area contributed by atoms with Crippen molar-refractivity contribution in [2.75, 3.05) is 53.0 Å². The van der Waals surface area contributed by atoms with Crippen LogP contribution in [0, 0.1) is 17.2 Å². The van der Waals surface area contributed by atoms with E-state index in [1.165, 1.54) is 6.26 Å². The van der Waals surface area contributed by atoms with Crippen LogP contribution < -0.4 is 64.0 Å². The highest BCUT2D eigenvalue weighted by atomic mass is 16.7. The third-order valence-electron chi connectivity index (χ3n) is 13.8. The molecule has 93 heavy (non-hydrogen) atoms. The van der Waals surface area contributed by atoms with Crippen molar-refractivity contribution in [3.63, 3.8) is 0 Å². The molecule has 0 bridgehead atoms. The van der Waals surface area contributed by atoms with Gasteiger partial charge in [0.15, 0.2) is 0 Å². The highest BCUT2D eigenvalue weighted by Crippen LogP contribution is 2.15. The zero-order chi connectivity index (χ0) is 69.3. The van der Waals surface area contributed by atoms with Gasteiger partial charge < -0.3 is 55.7 Å². The molecule has 0 aromatic heterocycles. The van der Waals surface area contributed by atoms with Crippen LogP contribution in [0.5, 0.6) is 0 Å². The van der Waals surface area contributed by atoms with Crippen molar-refractivity contribution >= 4 is 71.9 Å². The first-order valence-corrected chi connectivity index (χ1v) is 33.0. The van der Waals surface area contributed by atoms with Crippen molar-refractivity contribution in [3.05, 3.63) is 23.9 Å². The SMILES string of the molecule is CCCCCCCNC(=O)NC(=O)NC(=O)NCCCCCCCC(=O)OC/C(=C\OC(=O)CCCCCCCCCNC(=O)NC(=O)NC(=O)NCCCCCCCC(=O)OC/C(=C\OC(=O)CCC)NOC(=O)CCC(C)(C#N)NCC(C)C(=O)NC(C)C)NC. The lowest BCUT2D eigenvalue weighted by atomic mass is 9.96. The summed E-state index contributed by atoms with van der Waals surface area (Å²) in [7, 11) is 1.62. The molecule has 0 aliphatic heterocycles. The lowest BCUT2D eigenvalue weighted by Crippen LogP contribution is -2.49. The van der Waals surface area contributed by atoms with Crippen LogP contribution >= 0.6 is 0 Å². The van der Waals surface area contributed by atoms with Gasteiger partial charge in [-0.05, 0) is 78.6 Å². The van der Waals surface area contributed by atoms with Crippen LogP contribution in [-0.4, -0.2) is 137 Å². The number of hydroxylamine groups is 1. The number of esters is 4. The maximum atomic E-state index is 12.6. The molecule has 0 rings (SSSR count). The van der Waals surface area contributed by atoms with Crippen molar-refractivity contribution in [3.8, 4) is 6.07 Å². The van der Waals surface area contributed by atoms with Gasteiger partial charge in [0.05, 0.1) is 18.2 Å². The summed E-state index contributed by atoms with van der Waals surface area (Å²) in [5.41, 5.74) is 1.64. The molecular weight excluding hydrogens is 1210 g/mol. The fraction of sp³-hybridized carbons (Fsp3) is 0.730. The number of carbonyl (C=O) groups excluding carboxylic acids is 12. The number of unbranched alkanes of at least 4 members (excludes halogenated alkanes) is 18. The molecule has 528 valence electrons. The molecule has 2 unspecified atom stereocenters. The summed E-state index contributed by atoms with van der Waals surface area (Å²) in [5, 5.41) is 36.9. The maximum absolute atomic E-state index is 12.6. The number of imide groups is 4. The summed E-state index contributed by atoms with van der Waals surface area (Å²) >= 11 is 0. The van der Waals surface area contributed by atoms with Crippen LogP contribution in [0.2, 0.25) is 0 Å². The molecule has 0 aromatic rings. The van der Waals surface area contributed by atoms with Crippen LogP contribution in [0.1, 0.15) is 228 Å². The van der Waals surface area contributed by atoms with Crippen LogP contribution in [0.3, 0.4) is 0 Å². The van der Waals surface area contributed by atoms with Crippen LogP contribution in [-0.2, 0) is 52.6 Å². The van der Waals surface area contributed by atoms with Crippen molar-refractivity contribution in [2.24, 2.45) is 5.92 Å². The topological polar surface area (TPSA) is 419 Å². The molecule has 0 fully saturated rings. The summed E-state index contributed by atoms with van der Waals surface area (Å²) in [6, 6.07) is -2.70. The standard InChI is InChI=1S/C63H109N13O17/c1-8-10-11-20-27-37-66-57(83)72-61(87)74-59(85)68-39-29-22-15-18-25-33-53(79)90-43-49(65-7)42-89-52(78)32-24-17-13-12-14-21-28-38-67-58(84)73-62(88)75-60(86)69-40-30-23-16-19-26-34-54(80)92-45-50(44-91-51(77)31-9-2)76-93-55(81)35-36-63(6,46-64)70-41-48(5)56(82)71-47(3)4/h42,44,47-48,65,70,76H,8-41,43,45H2,1-7H3,(H,71,82)(H4,66,68,72,74,83,85,87)(H4,67,69,73,75,84,86,88)/b49-42+,50-44+. The predicted molar refractivity (Wildman–Crippen MR) is 345 cm³/mol. The van der Waals surface area contributed by atoms with Gasteiger partial charge in [-0.3, -0.25) is 50.6 Å². The van der Waals surface area contributed by atoms with Gasteiger partial charge in [0.25, 0.3) is 0 Å². The molecule has 0 heterocycles. The Kier molecular flexibility index (Phi) is 50.5. The summed E-state index contributed by atoms with van der Waals surface area (Å²) in [6.07, 6.45) is 21.0. The number of hydrogen-bond acceptors (Lipinski definition) is 21. The number of rotatable bonds is 51. The second kappa shape index (κ2) is 55.4. The van der Waals surface area contributed by atoms with E-state index in [4.69, 9.17) is 23.8 Å². The number of nitrogens with one attached hydrogen (secondary N) is 12. The zero-order valence-corrected chi connectivity index (χ0v) is 56.2. The van der Waals surface area contributed by atoms with Crippen LogP contribution in [0.15, 0.2) is 23.9 Å². The Bertz CT molecular complexity index is 2370. The minimum absolute atomic E-state index is 0.0156. The molecule has 0 saturated heterocycles. The van der Waals surface area contributed by atoms with E-state index in [2.05, 4.69) is 66.3 Å². The molecule has 13 amide bonds. The van der Waals surface area contributed by atoms with Gasteiger partial charge in [-0.15, -0.1) is 0 Å². The van der Waals surface area contributed by atoms with Gasteiger partial charge in [-0.1, -0.05) is 117 Å². The van der Waals surface area contributed by atoms with E-state index in [0.29, 0.717) is 83.1 Å². The number of carbonyl (C=O) groups is 12. The molecule has 0 saturated carbocycles. The third kappa shape index (κ3) is 52.0. The van der Waals surface area contributed by atoms with E-state index in [9.17, 15) is 62.8 Å². The number of likely N-dealkylation sites (N-methyl/N-ethyl adjacent to an activating group) is 1. The Morgan fingerprint density at radius 1 is 0.452 bits per heavy atom. The lowest BCUT2D eigenvalue weighted by Gasteiger charge is -2.25. The highest BCUT2D eigenvalue weighted by molar-refractivity contribution is 6.01. The molecule has 0 aliphatic rings. The first-order chi connectivity index (χ1) is 44.5. The van der Waals surface area contributed by atoms with Crippen molar-refractivity contribution in [1.29, 1.82) is 5.26 Å². The number of urea groups is 6. The van der Waals surface area contributed by atoms with E-state index >= 15 is 0 Å². The fourth-order valence-corrected chi connectivity index (χ4v) is 8.23. The lowest BCUT2D eigenvalue weighted by molar-refractivity contribution is -0.151. The van der Waals surface area contributed by atoms with Gasteiger partial charge in [0.1, 0.15) is 37.0 Å². The Hall–Kier alpha value is -8.23. The summed E-state index contributed by atoms with van der Waals surface area (Å²) in [5.74, 6) is -3.22. The largest absolute Gasteiger partial charge is 0.459 e. The molecule has 0 radical (unpaired) electrons. The van der Waals surface area contributed by atoms with Gasteiger partial charge in [-0.25, -0.2) is 39.0 Å². The summed E-state index contributed by atoms with van der Waals surface area (Å²) < 4.78 is 20.9. The smallest absolute Gasteiger partial charge is 0.332 e. The molecule has 0 spiro atoms. The predicted octanol–water partition coefficient (Wildman–Crippen LogP) is 7.93. The minimum Gasteiger partial charge on any atom is -0.459 e. The fourth-order valence-electron chi connectivity index (χ4n) is 8.23. The summed E-state index contributed by atoms with van der Waals surface area (Å²) in [6.45, 7) is 12.0. The molecule has 30 heteroatoms. The molecular formula is C63H109N13O17. The molecule has 0 aromatic carbocycles. The number of ether oxygens (including phenoxy) is 4. The Morgan fingerprint density at radius 3 is 1.23 bits per heavy atom. The van der Waals surface area contributed by atoms with Crippen LogP contribution in [0.25, 0.3) is 0 Å². The number of hydrogen-bond donors (Lipinski definition) is 12. The van der Waals surface area contributed by atoms with Crippen LogP contribution in [0.4, 0.5) is 28.8 Å². The number of nitrogens with zero attached hydrogens (tertiary/aromatic N) is 1.